The van der Waals surface area contributed by atoms with E-state index < -0.39 is 6.04 Å². The molecule has 1 saturated heterocycles. The molecule has 118 valence electrons. The summed E-state index contributed by atoms with van der Waals surface area (Å²) in [4.78, 5) is 26.3. The Morgan fingerprint density at radius 3 is 2.52 bits per heavy atom. The van der Waals surface area contributed by atoms with Gasteiger partial charge in [-0.1, -0.05) is 46.3 Å². The van der Waals surface area contributed by atoms with Crippen LogP contribution in [-0.4, -0.2) is 22.8 Å². The molecule has 0 saturated carbocycles. The minimum Gasteiger partial charge on any atom is -0.326 e. The maximum absolute atomic E-state index is 12.5. The van der Waals surface area contributed by atoms with Crippen LogP contribution in [0.2, 0.25) is 0 Å². The molecular weight excluding hydrogens is 356 g/mol. The van der Waals surface area contributed by atoms with Crippen molar-refractivity contribution in [2.24, 2.45) is 0 Å². The van der Waals surface area contributed by atoms with Crippen LogP contribution in [0.25, 0.3) is 0 Å². The number of likely N-dealkylation sites (tertiary alicyclic amines) is 1. The second kappa shape index (κ2) is 6.96. The third kappa shape index (κ3) is 3.79. The van der Waals surface area contributed by atoms with Crippen LogP contribution in [0.1, 0.15) is 18.4 Å². The van der Waals surface area contributed by atoms with Crippen molar-refractivity contribution in [3.8, 4) is 0 Å². The lowest BCUT2D eigenvalue weighted by Crippen LogP contribution is -2.41. The Labute approximate surface area is 143 Å². The number of hydrogen-bond donors (Lipinski definition) is 1. The van der Waals surface area contributed by atoms with E-state index >= 15 is 0 Å². The normalized spacial score (nSPS) is 17.3. The van der Waals surface area contributed by atoms with Crippen LogP contribution in [0.3, 0.4) is 0 Å². The number of halogens is 1. The van der Waals surface area contributed by atoms with Gasteiger partial charge in [0.2, 0.25) is 11.8 Å². The summed E-state index contributed by atoms with van der Waals surface area (Å²) in [6, 6.07) is 16.7. The smallest absolute Gasteiger partial charge is 0.247 e. The highest BCUT2D eigenvalue weighted by Crippen LogP contribution is 2.23. The first kappa shape index (κ1) is 15.7. The van der Waals surface area contributed by atoms with E-state index in [0.717, 1.165) is 15.7 Å². The first-order chi connectivity index (χ1) is 11.1. The van der Waals surface area contributed by atoms with Gasteiger partial charge in [-0.05, 0) is 36.2 Å². The molecule has 0 aliphatic carbocycles. The van der Waals surface area contributed by atoms with Crippen LogP contribution in [0.5, 0.6) is 0 Å². The Hall–Kier alpha value is -2.14. The number of carbonyl (C=O) groups is 2. The highest BCUT2D eigenvalue weighted by molar-refractivity contribution is 9.10. The van der Waals surface area contributed by atoms with Crippen LogP contribution in [-0.2, 0) is 16.1 Å². The molecule has 2 aromatic rings. The fraction of sp³-hybridized carbons (Fsp3) is 0.222. The van der Waals surface area contributed by atoms with Crippen molar-refractivity contribution in [1.82, 2.24) is 4.90 Å². The van der Waals surface area contributed by atoms with Gasteiger partial charge < -0.3 is 10.2 Å². The van der Waals surface area contributed by atoms with Crippen LogP contribution in [0.15, 0.2) is 59.1 Å². The minimum absolute atomic E-state index is 0.0322. The van der Waals surface area contributed by atoms with Gasteiger partial charge in [-0.15, -0.1) is 0 Å². The lowest BCUT2D eigenvalue weighted by molar-refractivity contribution is -0.133. The SMILES string of the molecule is O=C(Nc1ccc(Br)cc1)C1CCC(=O)N1Cc1ccccc1. The Bertz CT molecular complexity index is 701. The number of amides is 2. The summed E-state index contributed by atoms with van der Waals surface area (Å²) < 4.78 is 0.956. The summed E-state index contributed by atoms with van der Waals surface area (Å²) in [6.45, 7) is 0.470. The van der Waals surface area contributed by atoms with Crippen molar-refractivity contribution >= 4 is 33.4 Å². The summed E-state index contributed by atoms with van der Waals surface area (Å²) in [5.41, 5.74) is 1.77. The number of carbonyl (C=O) groups excluding carboxylic acids is 2. The van der Waals surface area contributed by atoms with Gasteiger partial charge >= 0.3 is 0 Å². The topological polar surface area (TPSA) is 49.4 Å². The standard InChI is InChI=1S/C18H17BrN2O2/c19-14-6-8-15(9-7-14)20-18(23)16-10-11-17(22)21(16)12-13-4-2-1-3-5-13/h1-9,16H,10-12H2,(H,20,23). The van der Waals surface area contributed by atoms with E-state index in [4.69, 9.17) is 0 Å². The number of rotatable bonds is 4. The summed E-state index contributed by atoms with van der Waals surface area (Å²) in [5.74, 6) is -0.0982. The van der Waals surface area contributed by atoms with Crippen molar-refractivity contribution < 1.29 is 9.59 Å². The molecule has 2 aromatic carbocycles. The maximum atomic E-state index is 12.5. The van der Waals surface area contributed by atoms with E-state index in [0.29, 0.717) is 19.4 Å². The molecule has 1 aliphatic heterocycles. The van der Waals surface area contributed by atoms with Gasteiger partial charge in [-0.2, -0.15) is 0 Å². The van der Waals surface area contributed by atoms with Crippen LogP contribution in [0.4, 0.5) is 5.69 Å². The zero-order valence-corrected chi connectivity index (χ0v) is 14.1. The average molecular weight is 373 g/mol. The maximum Gasteiger partial charge on any atom is 0.247 e. The van der Waals surface area contributed by atoms with Crippen LogP contribution in [0, 0.1) is 0 Å². The van der Waals surface area contributed by atoms with E-state index in [-0.39, 0.29) is 11.8 Å². The molecule has 1 N–H and O–H groups in total. The predicted octanol–water partition coefficient (Wildman–Crippen LogP) is 3.58. The molecule has 4 nitrogen and oxygen atoms in total. The molecule has 2 amide bonds. The third-order valence-corrected chi connectivity index (χ3v) is 4.47. The van der Waals surface area contributed by atoms with E-state index in [2.05, 4.69) is 21.2 Å². The second-order valence-corrected chi connectivity index (χ2v) is 6.47. The number of nitrogens with one attached hydrogen (secondary N) is 1. The van der Waals surface area contributed by atoms with Crippen LogP contribution >= 0.6 is 15.9 Å². The molecule has 0 radical (unpaired) electrons. The lowest BCUT2D eigenvalue weighted by Gasteiger charge is -2.24. The molecule has 1 atom stereocenters. The zero-order valence-electron chi connectivity index (χ0n) is 12.5. The first-order valence-electron chi connectivity index (χ1n) is 7.53. The van der Waals surface area contributed by atoms with E-state index in [1.807, 2.05) is 54.6 Å². The lowest BCUT2D eigenvalue weighted by atomic mass is 10.1. The Balaban J connectivity index is 1.71. The Morgan fingerprint density at radius 2 is 1.83 bits per heavy atom. The number of benzene rings is 2. The molecule has 1 aliphatic rings. The fourth-order valence-corrected chi connectivity index (χ4v) is 3.01. The molecule has 1 fully saturated rings. The van der Waals surface area contributed by atoms with Crippen molar-refractivity contribution in [2.45, 2.75) is 25.4 Å². The van der Waals surface area contributed by atoms with Crippen molar-refractivity contribution in [2.75, 3.05) is 5.32 Å². The number of hydrogen-bond acceptors (Lipinski definition) is 2. The first-order valence-corrected chi connectivity index (χ1v) is 8.32. The summed E-state index contributed by atoms with van der Waals surface area (Å²) >= 11 is 3.37. The molecule has 23 heavy (non-hydrogen) atoms. The van der Waals surface area contributed by atoms with Crippen molar-refractivity contribution in [1.29, 1.82) is 0 Å². The zero-order chi connectivity index (χ0) is 16.2. The minimum atomic E-state index is -0.411. The quantitative estimate of drug-likeness (QED) is 0.891. The monoisotopic (exact) mass is 372 g/mol. The number of anilines is 1. The van der Waals surface area contributed by atoms with Crippen molar-refractivity contribution in [3.63, 3.8) is 0 Å². The Morgan fingerprint density at radius 1 is 1.13 bits per heavy atom. The van der Waals surface area contributed by atoms with Gasteiger partial charge in [-0.25, -0.2) is 0 Å². The molecular formula is C18H17BrN2O2. The van der Waals surface area contributed by atoms with Gasteiger partial charge in [0, 0.05) is 23.1 Å². The number of nitrogens with zero attached hydrogens (tertiary/aromatic N) is 1. The fourth-order valence-electron chi connectivity index (χ4n) is 2.74. The molecule has 1 heterocycles. The highest BCUT2D eigenvalue weighted by Gasteiger charge is 2.35. The third-order valence-electron chi connectivity index (χ3n) is 3.94. The molecule has 0 bridgehead atoms. The highest BCUT2D eigenvalue weighted by atomic mass is 79.9. The van der Waals surface area contributed by atoms with E-state index in [1.165, 1.54) is 0 Å². The van der Waals surface area contributed by atoms with Gasteiger partial charge in [0.05, 0.1) is 0 Å². The van der Waals surface area contributed by atoms with Crippen molar-refractivity contribution in [3.05, 3.63) is 64.6 Å². The Kier molecular flexibility index (Phi) is 4.76. The molecule has 1 unspecified atom stereocenters. The van der Waals surface area contributed by atoms with Gasteiger partial charge in [-0.3, -0.25) is 9.59 Å². The van der Waals surface area contributed by atoms with Gasteiger partial charge in [0.25, 0.3) is 0 Å². The summed E-state index contributed by atoms with van der Waals surface area (Å²) in [6.07, 6.45) is 0.985. The van der Waals surface area contributed by atoms with Gasteiger partial charge in [0.1, 0.15) is 6.04 Å². The second-order valence-electron chi connectivity index (χ2n) is 5.56. The predicted molar refractivity (Wildman–Crippen MR) is 92.8 cm³/mol. The molecule has 0 aromatic heterocycles. The van der Waals surface area contributed by atoms with E-state index in [1.54, 1.807) is 4.90 Å². The summed E-state index contributed by atoms with van der Waals surface area (Å²) in [7, 11) is 0. The molecule has 3 rings (SSSR count). The largest absolute Gasteiger partial charge is 0.326 e. The van der Waals surface area contributed by atoms with Gasteiger partial charge in [0.15, 0.2) is 0 Å². The average Bonchev–Trinajstić information content (AvgIpc) is 2.92. The summed E-state index contributed by atoms with van der Waals surface area (Å²) in [5, 5.41) is 2.89. The molecule has 0 spiro atoms. The van der Waals surface area contributed by atoms with E-state index in [9.17, 15) is 9.59 Å². The van der Waals surface area contributed by atoms with Crippen LogP contribution < -0.4 is 5.32 Å². The molecule has 5 heteroatoms.